The average Bonchev–Trinajstić information content (AvgIpc) is 2.80. The lowest BCUT2D eigenvalue weighted by molar-refractivity contribution is 0.0738. The predicted octanol–water partition coefficient (Wildman–Crippen LogP) is 2.88. The number of nitrogens with zero attached hydrogens (tertiary/aromatic N) is 3. The molecule has 1 amide bonds. The fraction of sp³-hybridized carbons (Fsp3) is 0.562. The van der Waals surface area contributed by atoms with Gasteiger partial charge in [-0.3, -0.25) is 14.0 Å². The second kappa shape index (κ2) is 6.60. The van der Waals surface area contributed by atoms with Crippen molar-refractivity contribution in [2.24, 2.45) is 5.92 Å². The van der Waals surface area contributed by atoms with Crippen LogP contribution in [0.4, 0.5) is 0 Å². The number of carbonyl (C=O) groups is 1. The quantitative estimate of drug-likeness (QED) is 0.851. The molecule has 2 rings (SSSR count). The molecule has 0 radical (unpaired) electrons. The zero-order valence-electron chi connectivity index (χ0n) is 13.8. The van der Waals surface area contributed by atoms with Gasteiger partial charge in [0.2, 0.25) is 0 Å². The average molecular weight is 321 g/mol. The standard InChI is InChI=1S/C16H23N3O2S/c1-6-10(3)9-18(7-2)14(20)13-8-17-16-19(15(13)21)11(4)12(5)22-16/h8,10H,6-7,9H2,1-5H3/t10-/m1/s1. The van der Waals surface area contributed by atoms with Crippen molar-refractivity contribution in [3.63, 3.8) is 0 Å². The molecule has 22 heavy (non-hydrogen) atoms. The lowest BCUT2D eigenvalue weighted by Gasteiger charge is -2.23. The number of aromatic nitrogens is 2. The van der Waals surface area contributed by atoms with Gasteiger partial charge in [-0.15, -0.1) is 11.3 Å². The van der Waals surface area contributed by atoms with Crippen molar-refractivity contribution in [1.82, 2.24) is 14.3 Å². The van der Waals surface area contributed by atoms with Gasteiger partial charge in [0.1, 0.15) is 5.56 Å². The summed E-state index contributed by atoms with van der Waals surface area (Å²) < 4.78 is 1.55. The first kappa shape index (κ1) is 16.7. The predicted molar refractivity (Wildman–Crippen MR) is 89.8 cm³/mol. The van der Waals surface area contributed by atoms with Crippen LogP contribution in [0.5, 0.6) is 0 Å². The summed E-state index contributed by atoms with van der Waals surface area (Å²) in [6, 6.07) is 0. The number of aryl methyl sites for hydroxylation is 2. The highest BCUT2D eigenvalue weighted by Crippen LogP contribution is 2.18. The summed E-state index contributed by atoms with van der Waals surface area (Å²) in [6.45, 7) is 11.2. The third-order valence-electron chi connectivity index (χ3n) is 4.15. The monoisotopic (exact) mass is 321 g/mol. The van der Waals surface area contributed by atoms with Crippen molar-refractivity contribution in [2.45, 2.75) is 41.0 Å². The van der Waals surface area contributed by atoms with E-state index in [9.17, 15) is 9.59 Å². The summed E-state index contributed by atoms with van der Waals surface area (Å²) in [7, 11) is 0. The Morgan fingerprint density at radius 2 is 2.09 bits per heavy atom. The second-order valence-electron chi connectivity index (χ2n) is 5.70. The van der Waals surface area contributed by atoms with Crippen molar-refractivity contribution < 1.29 is 4.79 Å². The minimum Gasteiger partial charge on any atom is -0.338 e. The smallest absolute Gasteiger partial charge is 0.271 e. The van der Waals surface area contributed by atoms with Crippen LogP contribution >= 0.6 is 11.3 Å². The van der Waals surface area contributed by atoms with Gasteiger partial charge in [0.25, 0.3) is 11.5 Å². The van der Waals surface area contributed by atoms with Crippen LogP contribution in [0, 0.1) is 19.8 Å². The van der Waals surface area contributed by atoms with Crippen LogP contribution in [0.3, 0.4) is 0 Å². The Bertz CT molecular complexity index is 748. The molecule has 0 aliphatic rings. The first-order chi connectivity index (χ1) is 10.4. The lowest BCUT2D eigenvalue weighted by atomic mass is 10.1. The fourth-order valence-electron chi connectivity index (χ4n) is 2.35. The molecule has 6 heteroatoms. The molecule has 0 bridgehead atoms. The van der Waals surface area contributed by atoms with Crippen molar-refractivity contribution in [1.29, 1.82) is 0 Å². The fourth-order valence-corrected chi connectivity index (χ4v) is 3.28. The number of thiazole rings is 1. The van der Waals surface area contributed by atoms with E-state index < -0.39 is 0 Å². The van der Waals surface area contributed by atoms with Crippen LogP contribution in [-0.2, 0) is 0 Å². The van der Waals surface area contributed by atoms with E-state index in [2.05, 4.69) is 18.8 Å². The van der Waals surface area contributed by atoms with E-state index in [-0.39, 0.29) is 17.0 Å². The first-order valence-electron chi connectivity index (χ1n) is 7.67. The largest absolute Gasteiger partial charge is 0.338 e. The third kappa shape index (κ3) is 2.92. The molecule has 2 aromatic rings. The molecular weight excluding hydrogens is 298 g/mol. The maximum atomic E-state index is 12.7. The topological polar surface area (TPSA) is 54.7 Å². The van der Waals surface area contributed by atoms with E-state index in [0.717, 1.165) is 17.0 Å². The van der Waals surface area contributed by atoms with Crippen LogP contribution < -0.4 is 5.56 Å². The van der Waals surface area contributed by atoms with Crippen LogP contribution in [0.25, 0.3) is 4.96 Å². The normalized spacial score (nSPS) is 12.6. The highest BCUT2D eigenvalue weighted by Gasteiger charge is 2.21. The van der Waals surface area contributed by atoms with Gasteiger partial charge in [0.15, 0.2) is 4.96 Å². The molecule has 1 atom stereocenters. The minimum atomic E-state index is -0.264. The van der Waals surface area contributed by atoms with Crippen molar-refractivity contribution in [2.75, 3.05) is 13.1 Å². The number of amides is 1. The van der Waals surface area contributed by atoms with E-state index in [4.69, 9.17) is 0 Å². The van der Waals surface area contributed by atoms with Crippen LogP contribution in [0.2, 0.25) is 0 Å². The molecule has 0 aliphatic carbocycles. The van der Waals surface area contributed by atoms with E-state index in [1.54, 1.807) is 9.30 Å². The molecule has 0 fully saturated rings. The SMILES string of the molecule is CC[C@@H](C)CN(CC)C(=O)c1cnc2sc(C)c(C)n2c1=O. The first-order valence-corrected chi connectivity index (χ1v) is 8.49. The van der Waals surface area contributed by atoms with E-state index in [0.29, 0.717) is 24.0 Å². The third-order valence-corrected chi connectivity index (χ3v) is 5.22. The van der Waals surface area contributed by atoms with E-state index in [1.165, 1.54) is 17.5 Å². The molecule has 0 unspecified atom stereocenters. The molecule has 0 N–H and O–H groups in total. The van der Waals surface area contributed by atoms with Gasteiger partial charge in [-0.25, -0.2) is 4.98 Å². The van der Waals surface area contributed by atoms with Crippen LogP contribution in [0.15, 0.2) is 11.0 Å². The number of rotatable bonds is 5. The maximum Gasteiger partial charge on any atom is 0.271 e. The highest BCUT2D eigenvalue weighted by atomic mass is 32.1. The Morgan fingerprint density at radius 3 is 2.68 bits per heavy atom. The summed E-state index contributed by atoms with van der Waals surface area (Å²) in [5, 5.41) is 0. The number of carbonyl (C=O) groups excluding carboxylic acids is 1. The molecular formula is C16H23N3O2S. The number of hydrogen-bond acceptors (Lipinski definition) is 4. The van der Waals surface area contributed by atoms with E-state index >= 15 is 0 Å². The molecule has 2 heterocycles. The van der Waals surface area contributed by atoms with Gasteiger partial charge < -0.3 is 4.90 Å². The Hall–Kier alpha value is -1.69. The summed E-state index contributed by atoms with van der Waals surface area (Å²) in [6.07, 6.45) is 2.43. The molecule has 5 nitrogen and oxygen atoms in total. The Morgan fingerprint density at radius 1 is 1.41 bits per heavy atom. The molecule has 0 saturated carbocycles. The van der Waals surface area contributed by atoms with Gasteiger partial charge in [-0.1, -0.05) is 20.3 Å². The molecule has 120 valence electrons. The van der Waals surface area contributed by atoms with Crippen molar-refractivity contribution >= 4 is 22.2 Å². The Balaban J connectivity index is 2.45. The molecule has 0 aliphatic heterocycles. The minimum absolute atomic E-state index is 0.156. The molecule has 0 aromatic carbocycles. The Labute approximate surface area is 134 Å². The maximum absolute atomic E-state index is 12.7. The summed E-state index contributed by atoms with van der Waals surface area (Å²) >= 11 is 1.47. The van der Waals surface area contributed by atoms with E-state index in [1.807, 2.05) is 20.8 Å². The van der Waals surface area contributed by atoms with Gasteiger partial charge in [-0.05, 0) is 26.7 Å². The lowest BCUT2D eigenvalue weighted by Crippen LogP contribution is -2.38. The van der Waals surface area contributed by atoms with Crippen LogP contribution in [0.1, 0.15) is 48.1 Å². The summed E-state index contributed by atoms with van der Waals surface area (Å²) in [5.74, 6) is 0.187. The molecule has 0 spiro atoms. The molecule has 0 saturated heterocycles. The second-order valence-corrected chi connectivity index (χ2v) is 6.88. The van der Waals surface area contributed by atoms with Crippen LogP contribution in [-0.4, -0.2) is 33.3 Å². The molecule has 2 aromatic heterocycles. The summed E-state index contributed by atoms with van der Waals surface area (Å²) in [5.41, 5.74) is 0.750. The summed E-state index contributed by atoms with van der Waals surface area (Å²) in [4.78, 5) is 33.1. The number of fused-ring (bicyclic) bond motifs is 1. The van der Waals surface area contributed by atoms with Gasteiger partial charge >= 0.3 is 0 Å². The highest BCUT2D eigenvalue weighted by molar-refractivity contribution is 7.17. The number of hydrogen-bond donors (Lipinski definition) is 0. The van der Waals surface area contributed by atoms with Crippen molar-refractivity contribution in [3.05, 3.63) is 32.7 Å². The van der Waals surface area contributed by atoms with Gasteiger partial charge in [0.05, 0.1) is 0 Å². The van der Waals surface area contributed by atoms with Gasteiger partial charge in [0, 0.05) is 29.9 Å². The zero-order valence-corrected chi connectivity index (χ0v) is 14.7. The Kier molecular flexibility index (Phi) is 5.01. The zero-order chi connectivity index (χ0) is 16.4. The van der Waals surface area contributed by atoms with Crippen molar-refractivity contribution in [3.8, 4) is 0 Å². The van der Waals surface area contributed by atoms with Gasteiger partial charge in [-0.2, -0.15) is 0 Å².